The van der Waals surface area contributed by atoms with Gasteiger partial charge in [-0.1, -0.05) is 32.1 Å². The van der Waals surface area contributed by atoms with E-state index in [2.05, 4.69) is 10.6 Å². The standard InChI is InChI=1S/C18H25N3O4/c22-17(20-15-6-4-2-1-3-5-7-15)12-13-19-18(23)14-8-10-16(11-9-14)21(24)25/h8-11,15H,1-7,12-13H2,(H,19,23)(H,20,22). The van der Waals surface area contributed by atoms with Crippen LogP contribution < -0.4 is 10.6 Å². The molecule has 0 unspecified atom stereocenters. The van der Waals surface area contributed by atoms with Crippen molar-refractivity contribution in [3.63, 3.8) is 0 Å². The number of amides is 2. The minimum absolute atomic E-state index is 0.0467. The first kappa shape index (κ1) is 18.9. The fourth-order valence-electron chi connectivity index (χ4n) is 3.03. The molecule has 2 N–H and O–H groups in total. The van der Waals surface area contributed by atoms with Crippen LogP contribution in [0.15, 0.2) is 24.3 Å². The van der Waals surface area contributed by atoms with Crippen LogP contribution >= 0.6 is 0 Å². The minimum Gasteiger partial charge on any atom is -0.353 e. The van der Waals surface area contributed by atoms with Gasteiger partial charge in [0.05, 0.1) is 4.92 Å². The fraction of sp³-hybridized carbons (Fsp3) is 0.556. The Balaban J connectivity index is 1.70. The van der Waals surface area contributed by atoms with Crippen molar-refractivity contribution in [2.24, 2.45) is 0 Å². The molecule has 0 bridgehead atoms. The lowest BCUT2D eigenvalue weighted by Gasteiger charge is -2.21. The Morgan fingerprint density at radius 3 is 2.24 bits per heavy atom. The van der Waals surface area contributed by atoms with Crippen LogP contribution in [0.1, 0.15) is 61.7 Å². The molecule has 7 nitrogen and oxygen atoms in total. The molecular formula is C18H25N3O4. The number of hydrogen-bond acceptors (Lipinski definition) is 4. The Morgan fingerprint density at radius 2 is 1.64 bits per heavy atom. The molecule has 1 saturated carbocycles. The number of carbonyl (C=O) groups excluding carboxylic acids is 2. The number of benzene rings is 1. The molecule has 2 rings (SSSR count). The van der Waals surface area contributed by atoms with Crippen molar-refractivity contribution < 1.29 is 14.5 Å². The summed E-state index contributed by atoms with van der Waals surface area (Å²) in [7, 11) is 0. The fourth-order valence-corrected chi connectivity index (χ4v) is 3.03. The number of rotatable bonds is 6. The van der Waals surface area contributed by atoms with E-state index in [4.69, 9.17) is 0 Å². The van der Waals surface area contributed by atoms with E-state index >= 15 is 0 Å². The van der Waals surface area contributed by atoms with Gasteiger partial charge in [-0.2, -0.15) is 0 Å². The second-order valence-electron chi connectivity index (χ2n) is 6.42. The minimum atomic E-state index is -0.512. The highest BCUT2D eigenvalue weighted by molar-refractivity contribution is 5.94. The highest BCUT2D eigenvalue weighted by Crippen LogP contribution is 2.17. The number of hydrogen-bond donors (Lipinski definition) is 2. The van der Waals surface area contributed by atoms with Gasteiger partial charge in [-0.3, -0.25) is 19.7 Å². The quantitative estimate of drug-likeness (QED) is 0.610. The van der Waals surface area contributed by atoms with Gasteiger partial charge in [-0.05, 0) is 25.0 Å². The van der Waals surface area contributed by atoms with Crippen LogP contribution in [0.3, 0.4) is 0 Å². The first-order valence-corrected chi connectivity index (χ1v) is 8.88. The predicted molar refractivity (Wildman–Crippen MR) is 94.3 cm³/mol. The van der Waals surface area contributed by atoms with Gasteiger partial charge in [0.2, 0.25) is 5.91 Å². The molecule has 7 heteroatoms. The molecule has 0 atom stereocenters. The average molecular weight is 347 g/mol. The van der Waals surface area contributed by atoms with Gasteiger partial charge in [0.1, 0.15) is 0 Å². The molecule has 136 valence electrons. The lowest BCUT2D eigenvalue weighted by Crippen LogP contribution is -2.37. The van der Waals surface area contributed by atoms with Gasteiger partial charge in [-0.15, -0.1) is 0 Å². The number of nitro groups is 1. The predicted octanol–water partition coefficient (Wildman–Crippen LogP) is 2.94. The number of nitrogens with one attached hydrogen (secondary N) is 2. The van der Waals surface area contributed by atoms with Gasteiger partial charge in [0.25, 0.3) is 11.6 Å². The van der Waals surface area contributed by atoms with Gasteiger partial charge in [-0.25, -0.2) is 0 Å². The molecule has 0 aromatic heterocycles. The Morgan fingerprint density at radius 1 is 1.04 bits per heavy atom. The molecule has 1 aromatic rings. The van der Waals surface area contributed by atoms with E-state index in [9.17, 15) is 19.7 Å². The summed E-state index contributed by atoms with van der Waals surface area (Å²) in [5.74, 6) is -0.386. The van der Waals surface area contributed by atoms with Crippen molar-refractivity contribution in [1.29, 1.82) is 0 Å². The molecule has 0 aliphatic heterocycles. The second-order valence-corrected chi connectivity index (χ2v) is 6.42. The number of carbonyl (C=O) groups is 2. The SMILES string of the molecule is O=C(CCNC(=O)c1ccc([N+](=O)[O-])cc1)NC1CCCCCCC1. The van der Waals surface area contributed by atoms with E-state index in [1.165, 1.54) is 43.5 Å². The van der Waals surface area contributed by atoms with Gasteiger partial charge < -0.3 is 10.6 Å². The molecule has 0 heterocycles. The summed E-state index contributed by atoms with van der Waals surface area (Å²) in [4.78, 5) is 34.1. The Labute approximate surface area is 147 Å². The smallest absolute Gasteiger partial charge is 0.269 e. The van der Waals surface area contributed by atoms with Crippen molar-refractivity contribution in [2.75, 3.05) is 6.54 Å². The number of non-ortho nitro benzene ring substituents is 1. The molecule has 1 fully saturated rings. The molecule has 2 amide bonds. The monoisotopic (exact) mass is 347 g/mol. The molecule has 0 spiro atoms. The lowest BCUT2D eigenvalue weighted by molar-refractivity contribution is -0.384. The maximum Gasteiger partial charge on any atom is 0.269 e. The van der Waals surface area contributed by atoms with E-state index in [1.54, 1.807) is 0 Å². The zero-order valence-electron chi connectivity index (χ0n) is 14.3. The third kappa shape index (κ3) is 6.52. The molecule has 1 aliphatic rings. The zero-order valence-corrected chi connectivity index (χ0v) is 14.3. The van der Waals surface area contributed by atoms with Crippen LogP contribution in [0, 0.1) is 10.1 Å². The third-order valence-corrected chi connectivity index (χ3v) is 4.45. The van der Waals surface area contributed by atoms with Crippen molar-refractivity contribution in [3.05, 3.63) is 39.9 Å². The summed E-state index contributed by atoms with van der Waals surface area (Å²) in [6, 6.07) is 5.63. The van der Waals surface area contributed by atoms with Crippen LogP contribution in [-0.2, 0) is 4.79 Å². The molecule has 25 heavy (non-hydrogen) atoms. The highest BCUT2D eigenvalue weighted by atomic mass is 16.6. The Bertz CT molecular complexity index is 593. The summed E-state index contributed by atoms with van der Waals surface area (Å²) < 4.78 is 0. The Hall–Kier alpha value is -2.44. The molecule has 1 aliphatic carbocycles. The summed E-state index contributed by atoms with van der Waals surface area (Å²) in [6.07, 6.45) is 8.35. The molecule has 0 radical (unpaired) electrons. The van der Waals surface area contributed by atoms with Crippen LogP contribution in [0.2, 0.25) is 0 Å². The van der Waals surface area contributed by atoms with Crippen molar-refractivity contribution in [3.8, 4) is 0 Å². The maximum atomic E-state index is 12.0. The Kier molecular flexibility index (Phi) is 7.37. The third-order valence-electron chi connectivity index (χ3n) is 4.45. The van der Waals surface area contributed by atoms with Crippen molar-refractivity contribution >= 4 is 17.5 Å². The topological polar surface area (TPSA) is 101 Å². The largest absolute Gasteiger partial charge is 0.353 e. The van der Waals surface area contributed by atoms with Crippen LogP contribution in [0.25, 0.3) is 0 Å². The maximum absolute atomic E-state index is 12.0. The van der Waals surface area contributed by atoms with Crippen LogP contribution in [0.5, 0.6) is 0 Å². The second kappa shape index (κ2) is 9.76. The van der Waals surface area contributed by atoms with Crippen molar-refractivity contribution in [1.82, 2.24) is 10.6 Å². The van der Waals surface area contributed by atoms with Gasteiger partial charge in [0.15, 0.2) is 0 Å². The first-order valence-electron chi connectivity index (χ1n) is 8.88. The van der Waals surface area contributed by atoms with Crippen LogP contribution in [0.4, 0.5) is 5.69 Å². The molecular weight excluding hydrogens is 322 g/mol. The molecule has 1 aromatic carbocycles. The number of nitrogens with zero attached hydrogens (tertiary/aromatic N) is 1. The van der Waals surface area contributed by atoms with E-state index in [0.717, 1.165) is 25.7 Å². The highest BCUT2D eigenvalue weighted by Gasteiger charge is 2.14. The van der Waals surface area contributed by atoms with Crippen LogP contribution in [-0.4, -0.2) is 29.3 Å². The summed E-state index contributed by atoms with van der Waals surface area (Å²) in [6.45, 7) is 0.244. The average Bonchev–Trinajstić information content (AvgIpc) is 2.57. The van der Waals surface area contributed by atoms with E-state index in [1.807, 2.05) is 0 Å². The summed E-state index contributed by atoms with van der Waals surface area (Å²) in [5, 5.41) is 16.3. The first-order chi connectivity index (χ1) is 12.1. The van der Waals surface area contributed by atoms with E-state index < -0.39 is 4.92 Å². The van der Waals surface area contributed by atoms with Gasteiger partial charge >= 0.3 is 0 Å². The van der Waals surface area contributed by atoms with Gasteiger partial charge in [0, 0.05) is 36.7 Å². The van der Waals surface area contributed by atoms with Crippen molar-refractivity contribution in [2.45, 2.75) is 57.4 Å². The zero-order chi connectivity index (χ0) is 18.1. The lowest BCUT2D eigenvalue weighted by atomic mass is 9.96. The number of nitro benzene ring substituents is 1. The normalized spacial score (nSPS) is 15.7. The van der Waals surface area contributed by atoms with E-state index in [0.29, 0.717) is 5.56 Å². The summed E-state index contributed by atoms with van der Waals surface area (Å²) in [5.41, 5.74) is 0.279. The summed E-state index contributed by atoms with van der Waals surface area (Å²) >= 11 is 0. The molecule has 0 saturated heterocycles. The van der Waals surface area contributed by atoms with E-state index in [-0.39, 0.29) is 36.5 Å².